The minimum absolute atomic E-state index is 0.422. The molecule has 4 heteroatoms. The van der Waals surface area contributed by atoms with Gasteiger partial charge < -0.3 is 9.32 Å². The van der Waals surface area contributed by atoms with E-state index in [1.54, 1.807) is 0 Å². The van der Waals surface area contributed by atoms with Gasteiger partial charge in [-0.1, -0.05) is 60.2 Å². The highest BCUT2D eigenvalue weighted by atomic mass is 16.4. The molecule has 0 spiro atoms. The Kier molecular flexibility index (Phi) is 4.73. The highest BCUT2D eigenvalue weighted by Gasteiger charge is 2.16. The van der Waals surface area contributed by atoms with Gasteiger partial charge in [-0.05, 0) is 50.7 Å². The lowest BCUT2D eigenvalue weighted by Crippen LogP contribution is -2.26. The fourth-order valence-corrected chi connectivity index (χ4v) is 3.16. The molecule has 0 bridgehead atoms. The second-order valence-corrected chi connectivity index (χ2v) is 7.14. The summed E-state index contributed by atoms with van der Waals surface area (Å²) < 4.78 is 5.91. The molecule has 136 valence electrons. The summed E-state index contributed by atoms with van der Waals surface area (Å²) in [5.41, 5.74) is 5.55. The summed E-state index contributed by atoms with van der Waals surface area (Å²) >= 11 is 0. The third kappa shape index (κ3) is 3.76. The quantitative estimate of drug-likeness (QED) is 0.660. The SMILES string of the molecule is Cc1ccc(-c2ccc(-c3nnc(C4=CCC(N(C)C)C=C4)o3)cc2)cc1. The first-order chi connectivity index (χ1) is 13.1. The van der Waals surface area contributed by atoms with E-state index < -0.39 is 0 Å². The van der Waals surface area contributed by atoms with E-state index in [-0.39, 0.29) is 0 Å². The van der Waals surface area contributed by atoms with Crippen molar-refractivity contribution in [2.45, 2.75) is 19.4 Å². The van der Waals surface area contributed by atoms with Crippen molar-refractivity contribution >= 4 is 5.57 Å². The third-order valence-electron chi connectivity index (χ3n) is 4.93. The van der Waals surface area contributed by atoms with E-state index in [1.165, 1.54) is 16.7 Å². The highest BCUT2D eigenvalue weighted by Crippen LogP contribution is 2.27. The topological polar surface area (TPSA) is 42.2 Å². The number of hydrogen-bond donors (Lipinski definition) is 0. The lowest BCUT2D eigenvalue weighted by Gasteiger charge is -2.21. The summed E-state index contributed by atoms with van der Waals surface area (Å²) in [4.78, 5) is 2.19. The zero-order valence-electron chi connectivity index (χ0n) is 15.9. The van der Waals surface area contributed by atoms with Gasteiger partial charge in [0.2, 0.25) is 11.8 Å². The van der Waals surface area contributed by atoms with Gasteiger partial charge in [0.05, 0.1) is 0 Å². The van der Waals surface area contributed by atoms with Crippen LogP contribution in [0, 0.1) is 6.92 Å². The molecule has 0 radical (unpaired) electrons. The van der Waals surface area contributed by atoms with E-state index >= 15 is 0 Å². The Bertz CT molecular complexity index is 979. The van der Waals surface area contributed by atoms with Crippen LogP contribution >= 0.6 is 0 Å². The van der Waals surface area contributed by atoms with Crippen LogP contribution < -0.4 is 0 Å². The van der Waals surface area contributed by atoms with Gasteiger partial charge in [-0.15, -0.1) is 10.2 Å². The van der Waals surface area contributed by atoms with E-state index in [0.717, 1.165) is 17.6 Å². The number of aryl methyl sites for hydroxylation is 1. The maximum atomic E-state index is 5.91. The molecule has 1 aromatic heterocycles. The number of benzene rings is 2. The molecule has 0 saturated heterocycles. The molecule has 1 atom stereocenters. The van der Waals surface area contributed by atoms with Crippen molar-refractivity contribution in [3.63, 3.8) is 0 Å². The van der Waals surface area contributed by atoms with Crippen LogP contribution in [-0.4, -0.2) is 35.2 Å². The van der Waals surface area contributed by atoms with Gasteiger partial charge in [-0.3, -0.25) is 0 Å². The fourth-order valence-electron chi connectivity index (χ4n) is 3.16. The van der Waals surface area contributed by atoms with Crippen molar-refractivity contribution in [1.82, 2.24) is 15.1 Å². The number of allylic oxidation sites excluding steroid dienone is 2. The predicted molar refractivity (Wildman–Crippen MR) is 109 cm³/mol. The fraction of sp³-hybridized carbons (Fsp3) is 0.217. The van der Waals surface area contributed by atoms with Crippen LogP contribution in [0.25, 0.3) is 28.2 Å². The first-order valence-electron chi connectivity index (χ1n) is 9.16. The molecule has 0 aliphatic heterocycles. The molecule has 1 aliphatic carbocycles. The zero-order valence-corrected chi connectivity index (χ0v) is 15.9. The normalized spacial score (nSPS) is 16.6. The maximum absolute atomic E-state index is 5.91. The van der Waals surface area contributed by atoms with Gasteiger partial charge in [0.15, 0.2) is 0 Å². The van der Waals surface area contributed by atoms with Gasteiger partial charge >= 0.3 is 0 Å². The Morgan fingerprint density at radius 1 is 0.852 bits per heavy atom. The van der Waals surface area contributed by atoms with E-state index in [0.29, 0.717) is 17.8 Å². The standard InChI is InChI=1S/C23H23N3O/c1-16-4-6-17(7-5-16)18-8-10-19(11-9-18)22-24-25-23(27-22)20-12-14-21(15-13-20)26(2)3/h4-14,21H,15H2,1-3H3. The molecule has 0 N–H and O–H groups in total. The Morgan fingerprint density at radius 3 is 2.04 bits per heavy atom. The molecule has 0 amide bonds. The number of likely N-dealkylation sites (N-methyl/N-ethyl adjacent to an activating group) is 1. The smallest absolute Gasteiger partial charge is 0.248 e. The van der Waals surface area contributed by atoms with Gasteiger partial charge in [-0.25, -0.2) is 0 Å². The molecule has 27 heavy (non-hydrogen) atoms. The van der Waals surface area contributed by atoms with Gasteiger partial charge in [0.1, 0.15) is 0 Å². The number of hydrogen-bond acceptors (Lipinski definition) is 4. The molecule has 1 heterocycles. The van der Waals surface area contributed by atoms with Crippen molar-refractivity contribution < 1.29 is 4.42 Å². The van der Waals surface area contributed by atoms with Gasteiger partial charge in [-0.2, -0.15) is 0 Å². The minimum Gasteiger partial charge on any atom is -0.416 e. The first-order valence-corrected chi connectivity index (χ1v) is 9.16. The second-order valence-electron chi connectivity index (χ2n) is 7.14. The lowest BCUT2D eigenvalue weighted by atomic mass is 10.0. The summed E-state index contributed by atoms with van der Waals surface area (Å²) in [6, 6.07) is 17.2. The Hall–Kier alpha value is -2.98. The van der Waals surface area contributed by atoms with Crippen molar-refractivity contribution in [2.24, 2.45) is 0 Å². The van der Waals surface area contributed by atoms with E-state index in [4.69, 9.17) is 4.42 Å². The summed E-state index contributed by atoms with van der Waals surface area (Å²) in [5, 5.41) is 8.45. The zero-order chi connectivity index (χ0) is 18.8. The first kappa shape index (κ1) is 17.4. The van der Waals surface area contributed by atoms with Crippen molar-refractivity contribution in [2.75, 3.05) is 14.1 Å². The third-order valence-corrected chi connectivity index (χ3v) is 4.93. The Morgan fingerprint density at radius 2 is 1.44 bits per heavy atom. The molecular formula is C23H23N3O. The summed E-state index contributed by atoms with van der Waals surface area (Å²) in [6.07, 6.45) is 7.34. The molecular weight excluding hydrogens is 334 g/mol. The largest absolute Gasteiger partial charge is 0.416 e. The minimum atomic E-state index is 0.422. The van der Waals surface area contributed by atoms with Crippen LogP contribution in [-0.2, 0) is 0 Å². The van der Waals surface area contributed by atoms with Crippen LogP contribution in [0.4, 0.5) is 0 Å². The Balaban J connectivity index is 1.52. The highest BCUT2D eigenvalue weighted by molar-refractivity contribution is 5.71. The summed E-state index contributed by atoms with van der Waals surface area (Å²) in [5.74, 6) is 1.12. The number of aromatic nitrogens is 2. The molecule has 0 fully saturated rings. The second kappa shape index (κ2) is 7.33. The van der Waals surface area contributed by atoms with Crippen LogP contribution in [0.2, 0.25) is 0 Å². The van der Waals surface area contributed by atoms with Crippen molar-refractivity contribution in [1.29, 1.82) is 0 Å². The number of rotatable bonds is 4. The van der Waals surface area contributed by atoms with Crippen LogP contribution in [0.1, 0.15) is 17.9 Å². The average Bonchev–Trinajstić information content (AvgIpc) is 3.19. The van der Waals surface area contributed by atoms with Crippen LogP contribution in [0.5, 0.6) is 0 Å². The van der Waals surface area contributed by atoms with E-state index in [2.05, 4.69) is 90.7 Å². The maximum Gasteiger partial charge on any atom is 0.248 e. The van der Waals surface area contributed by atoms with Gasteiger partial charge in [0.25, 0.3) is 0 Å². The summed E-state index contributed by atoms with van der Waals surface area (Å²) in [7, 11) is 4.16. The molecule has 2 aromatic carbocycles. The van der Waals surface area contributed by atoms with Gasteiger partial charge in [0, 0.05) is 17.2 Å². The molecule has 1 aliphatic rings. The monoisotopic (exact) mass is 357 g/mol. The van der Waals surface area contributed by atoms with E-state index in [1.807, 2.05) is 12.1 Å². The molecule has 4 rings (SSSR count). The lowest BCUT2D eigenvalue weighted by molar-refractivity contribution is 0.344. The Labute approximate surface area is 159 Å². The van der Waals surface area contributed by atoms with Crippen LogP contribution in [0.3, 0.4) is 0 Å². The molecule has 3 aromatic rings. The molecule has 0 saturated carbocycles. The average molecular weight is 357 g/mol. The van der Waals surface area contributed by atoms with Crippen molar-refractivity contribution in [3.8, 4) is 22.6 Å². The van der Waals surface area contributed by atoms with E-state index in [9.17, 15) is 0 Å². The number of nitrogens with zero attached hydrogens (tertiary/aromatic N) is 3. The van der Waals surface area contributed by atoms with Crippen LogP contribution in [0.15, 0.2) is 71.2 Å². The predicted octanol–water partition coefficient (Wildman–Crippen LogP) is 4.99. The summed E-state index contributed by atoms with van der Waals surface area (Å²) in [6.45, 7) is 2.09. The van der Waals surface area contributed by atoms with Crippen molar-refractivity contribution in [3.05, 3.63) is 78.2 Å². The molecule has 4 nitrogen and oxygen atoms in total. The molecule has 1 unspecified atom stereocenters.